The van der Waals surface area contributed by atoms with E-state index in [4.69, 9.17) is 5.73 Å². The smallest absolute Gasteiger partial charge is 0.238 e. The van der Waals surface area contributed by atoms with Crippen LogP contribution < -0.4 is 11.1 Å². The zero-order valence-corrected chi connectivity index (χ0v) is 11.6. The van der Waals surface area contributed by atoms with Crippen LogP contribution in [0.25, 0.3) is 0 Å². The first-order valence-corrected chi connectivity index (χ1v) is 7.03. The molecule has 0 unspecified atom stereocenters. The first-order valence-electron chi connectivity index (χ1n) is 7.03. The first-order chi connectivity index (χ1) is 9.15. The molecule has 0 aromatic heterocycles. The summed E-state index contributed by atoms with van der Waals surface area (Å²) in [6.45, 7) is 4.52. The summed E-state index contributed by atoms with van der Waals surface area (Å²) >= 11 is 0. The van der Waals surface area contributed by atoms with Gasteiger partial charge in [-0.3, -0.25) is 9.69 Å². The number of likely N-dealkylation sites (tertiary alicyclic amines) is 1. The predicted molar refractivity (Wildman–Crippen MR) is 79.1 cm³/mol. The minimum atomic E-state index is 0.0646. The number of nitrogen functional groups attached to an aromatic ring is 1. The van der Waals surface area contributed by atoms with E-state index in [0.29, 0.717) is 6.54 Å². The fraction of sp³-hybridized carbons (Fsp3) is 0.533. The summed E-state index contributed by atoms with van der Waals surface area (Å²) in [5, 5.41) is 2.97. The standard InChI is InChI=1S/C15H23N3O/c1-12-10-13(16)6-7-14(12)17-15(19)11-18-8-4-2-3-5-9-18/h6-7,10H,2-5,8-9,11,16H2,1H3,(H,17,19). The van der Waals surface area contributed by atoms with Gasteiger partial charge in [-0.15, -0.1) is 0 Å². The topological polar surface area (TPSA) is 58.4 Å². The molecule has 0 bridgehead atoms. The summed E-state index contributed by atoms with van der Waals surface area (Å²) < 4.78 is 0. The van der Waals surface area contributed by atoms with E-state index in [0.717, 1.165) is 30.0 Å². The molecule has 1 saturated heterocycles. The van der Waals surface area contributed by atoms with Crippen LogP contribution in [0.4, 0.5) is 11.4 Å². The third-order valence-corrected chi connectivity index (χ3v) is 3.59. The minimum absolute atomic E-state index is 0.0646. The zero-order valence-electron chi connectivity index (χ0n) is 11.6. The zero-order chi connectivity index (χ0) is 13.7. The number of hydrogen-bond acceptors (Lipinski definition) is 3. The van der Waals surface area contributed by atoms with Crippen molar-refractivity contribution in [3.8, 4) is 0 Å². The van der Waals surface area contributed by atoms with Crippen molar-refractivity contribution in [2.24, 2.45) is 0 Å². The van der Waals surface area contributed by atoms with Gasteiger partial charge in [-0.05, 0) is 56.6 Å². The van der Waals surface area contributed by atoms with E-state index in [1.54, 1.807) is 0 Å². The SMILES string of the molecule is Cc1cc(N)ccc1NC(=O)CN1CCCCCC1. The molecule has 4 heteroatoms. The second-order valence-electron chi connectivity index (χ2n) is 5.31. The number of benzene rings is 1. The highest BCUT2D eigenvalue weighted by Crippen LogP contribution is 2.17. The molecule has 1 aliphatic rings. The number of nitrogens with one attached hydrogen (secondary N) is 1. The van der Waals surface area contributed by atoms with Gasteiger partial charge in [0.2, 0.25) is 5.91 Å². The fourth-order valence-corrected chi connectivity index (χ4v) is 2.51. The van der Waals surface area contributed by atoms with E-state index in [2.05, 4.69) is 10.2 Å². The molecule has 0 spiro atoms. The number of nitrogens with two attached hydrogens (primary N) is 1. The lowest BCUT2D eigenvalue weighted by atomic mass is 10.2. The highest BCUT2D eigenvalue weighted by molar-refractivity contribution is 5.93. The van der Waals surface area contributed by atoms with Crippen molar-refractivity contribution in [1.82, 2.24) is 4.90 Å². The number of carbonyl (C=O) groups excluding carboxylic acids is 1. The van der Waals surface area contributed by atoms with Crippen molar-refractivity contribution >= 4 is 17.3 Å². The Morgan fingerprint density at radius 2 is 1.95 bits per heavy atom. The Kier molecular flexibility index (Phi) is 4.80. The highest BCUT2D eigenvalue weighted by atomic mass is 16.2. The Balaban J connectivity index is 1.89. The van der Waals surface area contributed by atoms with Gasteiger partial charge in [0.15, 0.2) is 0 Å². The number of rotatable bonds is 3. The largest absolute Gasteiger partial charge is 0.399 e. The van der Waals surface area contributed by atoms with Crippen LogP contribution in [0.5, 0.6) is 0 Å². The summed E-state index contributed by atoms with van der Waals surface area (Å²) in [5.74, 6) is 0.0646. The van der Waals surface area contributed by atoms with Crippen LogP contribution in [-0.4, -0.2) is 30.4 Å². The maximum atomic E-state index is 12.0. The Morgan fingerprint density at radius 3 is 2.58 bits per heavy atom. The maximum Gasteiger partial charge on any atom is 0.238 e. The number of carbonyl (C=O) groups is 1. The molecule has 0 radical (unpaired) electrons. The van der Waals surface area contributed by atoms with E-state index in [-0.39, 0.29) is 5.91 Å². The van der Waals surface area contributed by atoms with Gasteiger partial charge in [0.1, 0.15) is 0 Å². The lowest BCUT2D eigenvalue weighted by Gasteiger charge is -2.19. The van der Waals surface area contributed by atoms with Gasteiger partial charge in [-0.25, -0.2) is 0 Å². The predicted octanol–water partition coefficient (Wildman–Crippen LogP) is 2.39. The number of aryl methyl sites for hydroxylation is 1. The van der Waals surface area contributed by atoms with Gasteiger partial charge < -0.3 is 11.1 Å². The first kappa shape index (κ1) is 13.9. The maximum absolute atomic E-state index is 12.0. The third kappa shape index (κ3) is 4.24. The molecule has 2 rings (SSSR count). The highest BCUT2D eigenvalue weighted by Gasteiger charge is 2.13. The fourth-order valence-electron chi connectivity index (χ4n) is 2.51. The van der Waals surface area contributed by atoms with Crippen molar-refractivity contribution in [3.63, 3.8) is 0 Å². The van der Waals surface area contributed by atoms with Crippen molar-refractivity contribution in [1.29, 1.82) is 0 Å². The van der Waals surface area contributed by atoms with E-state index in [1.807, 2.05) is 25.1 Å². The molecule has 3 N–H and O–H groups in total. The van der Waals surface area contributed by atoms with Gasteiger partial charge in [-0.1, -0.05) is 12.8 Å². The van der Waals surface area contributed by atoms with Crippen LogP contribution in [-0.2, 0) is 4.79 Å². The lowest BCUT2D eigenvalue weighted by molar-refractivity contribution is -0.117. The number of anilines is 2. The molecule has 1 amide bonds. The molecule has 1 aliphatic heterocycles. The van der Waals surface area contributed by atoms with Gasteiger partial charge in [-0.2, -0.15) is 0 Å². The van der Waals surface area contributed by atoms with E-state index >= 15 is 0 Å². The summed E-state index contributed by atoms with van der Waals surface area (Å²) in [6.07, 6.45) is 4.98. The van der Waals surface area contributed by atoms with Gasteiger partial charge in [0, 0.05) is 11.4 Å². The van der Waals surface area contributed by atoms with Crippen LogP contribution in [0.1, 0.15) is 31.2 Å². The van der Waals surface area contributed by atoms with E-state index in [9.17, 15) is 4.79 Å². The minimum Gasteiger partial charge on any atom is -0.399 e. The van der Waals surface area contributed by atoms with E-state index < -0.39 is 0 Å². The summed E-state index contributed by atoms with van der Waals surface area (Å²) in [7, 11) is 0. The quantitative estimate of drug-likeness (QED) is 0.821. The molecule has 1 fully saturated rings. The van der Waals surface area contributed by atoms with Crippen molar-refractivity contribution in [2.45, 2.75) is 32.6 Å². The van der Waals surface area contributed by atoms with Crippen LogP contribution in [0.2, 0.25) is 0 Å². The number of amides is 1. The van der Waals surface area contributed by atoms with Gasteiger partial charge >= 0.3 is 0 Å². The van der Waals surface area contributed by atoms with Gasteiger partial charge in [0.05, 0.1) is 6.54 Å². The molecular formula is C15H23N3O. The van der Waals surface area contributed by atoms with Crippen molar-refractivity contribution < 1.29 is 4.79 Å². The summed E-state index contributed by atoms with van der Waals surface area (Å²) in [6, 6.07) is 5.56. The van der Waals surface area contributed by atoms with Crippen molar-refractivity contribution in [3.05, 3.63) is 23.8 Å². The molecule has 1 aromatic carbocycles. The third-order valence-electron chi connectivity index (χ3n) is 3.59. The molecule has 19 heavy (non-hydrogen) atoms. The van der Waals surface area contributed by atoms with E-state index in [1.165, 1.54) is 25.7 Å². The Bertz CT molecular complexity index is 437. The molecular weight excluding hydrogens is 238 g/mol. The van der Waals surface area contributed by atoms with Crippen LogP contribution in [0.15, 0.2) is 18.2 Å². The molecule has 4 nitrogen and oxygen atoms in total. The summed E-state index contributed by atoms with van der Waals surface area (Å²) in [4.78, 5) is 14.3. The Hall–Kier alpha value is -1.55. The second kappa shape index (κ2) is 6.57. The summed E-state index contributed by atoms with van der Waals surface area (Å²) in [5.41, 5.74) is 8.29. The molecule has 0 aliphatic carbocycles. The van der Waals surface area contributed by atoms with Crippen molar-refractivity contribution in [2.75, 3.05) is 30.7 Å². The Morgan fingerprint density at radius 1 is 1.26 bits per heavy atom. The lowest BCUT2D eigenvalue weighted by Crippen LogP contribution is -2.34. The number of hydrogen-bond donors (Lipinski definition) is 2. The average Bonchev–Trinajstić information content (AvgIpc) is 2.61. The molecule has 0 saturated carbocycles. The second-order valence-corrected chi connectivity index (χ2v) is 5.31. The Labute approximate surface area is 115 Å². The number of nitrogens with zero attached hydrogens (tertiary/aromatic N) is 1. The van der Waals surface area contributed by atoms with Crippen LogP contribution in [0, 0.1) is 6.92 Å². The van der Waals surface area contributed by atoms with Gasteiger partial charge in [0.25, 0.3) is 0 Å². The molecule has 0 atom stereocenters. The molecule has 104 valence electrons. The van der Waals surface area contributed by atoms with Crippen LogP contribution >= 0.6 is 0 Å². The average molecular weight is 261 g/mol. The van der Waals surface area contributed by atoms with Crippen LogP contribution in [0.3, 0.4) is 0 Å². The normalized spacial score (nSPS) is 16.9. The monoisotopic (exact) mass is 261 g/mol. The molecule has 1 heterocycles. The molecule has 1 aromatic rings.